The molecule has 2 aromatic heterocycles. The Morgan fingerprint density at radius 3 is 2.29 bits per heavy atom. The van der Waals surface area contributed by atoms with E-state index in [1.54, 1.807) is 18.3 Å². The average molecular weight is 405 g/mol. The summed E-state index contributed by atoms with van der Waals surface area (Å²) in [6.45, 7) is 0. The summed E-state index contributed by atoms with van der Waals surface area (Å²) in [5, 5.41) is 5.29. The molecule has 31 heavy (non-hydrogen) atoms. The summed E-state index contributed by atoms with van der Waals surface area (Å²) in [6, 6.07) is 31.8. The number of nitrogens with zero attached hydrogens (tertiary/aromatic N) is 2. The van der Waals surface area contributed by atoms with Crippen molar-refractivity contribution in [2.24, 2.45) is 5.10 Å². The van der Waals surface area contributed by atoms with E-state index >= 15 is 0 Å². The van der Waals surface area contributed by atoms with Crippen LogP contribution in [0.2, 0.25) is 0 Å². The molecule has 2 heterocycles. The Morgan fingerprint density at radius 1 is 0.839 bits per heavy atom. The van der Waals surface area contributed by atoms with Crippen molar-refractivity contribution in [3.8, 4) is 16.9 Å². The molecule has 0 radical (unpaired) electrons. The van der Waals surface area contributed by atoms with Gasteiger partial charge in [0.2, 0.25) is 0 Å². The van der Waals surface area contributed by atoms with Crippen LogP contribution in [0, 0.1) is 0 Å². The molecule has 0 aliphatic carbocycles. The molecule has 0 aliphatic rings. The number of fused-ring (bicyclic) bond motifs is 1. The van der Waals surface area contributed by atoms with Crippen LogP contribution in [-0.2, 0) is 0 Å². The first-order valence-corrected chi connectivity index (χ1v) is 9.94. The summed E-state index contributed by atoms with van der Waals surface area (Å²) in [4.78, 5) is 12.2. The van der Waals surface area contributed by atoms with Crippen molar-refractivity contribution in [2.75, 3.05) is 0 Å². The van der Waals surface area contributed by atoms with Gasteiger partial charge in [0.05, 0.1) is 23.7 Å². The molecule has 0 unspecified atom stereocenters. The maximum absolute atomic E-state index is 12.2. The van der Waals surface area contributed by atoms with Gasteiger partial charge in [0, 0.05) is 16.6 Å². The lowest BCUT2D eigenvalue weighted by molar-refractivity contribution is 0.0927. The Balaban J connectivity index is 1.68. The zero-order valence-corrected chi connectivity index (χ0v) is 16.6. The molecule has 0 spiro atoms. The second-order valence-corrected chi connectivity index (χ2v) is 6.99. The first-order valence-electron chi connectivity index (χ1n) is 9.94. The summed E-state index contributed by atoms with van der Waals surface area (Å²) >= 11 is 0. The molecule has 5 aromatic rings. The van der Waals surface area contributed by atoms with Gasteiger partial charge in [-0.25, -0.2) is 5.43 Å². The standard InChI is InChI=1S/C26H19N3O2/c30-26(24-16-9-17-31-24)28-27-18-22-21-14-7-8-15-23(21)29(20-12-5-2-6-13-20)25(22)19-10-3-1-4-11-19/h1-18H,(H,28,30). The van der Waals surface area contributed by atoms with Crippen molar-refractivity contribution in [3.63, 3.8) is 0 Å². The monoisotopic (exact) mass is 405 g/mol. The SMILES string of the molecule is O=C(NN=Cc1c(-c2ccccc2)n(-c2ccccc2)c2ccccc12)c1ccco1. The number of rotatable bonds is 5. The van der Waals surface area contributed by atoms with Gasteiger partial charge in [-0.3, -0.25) is 4.79 Å². The van der Waals surface area contributed by atoms with E-state index in [1.807, 2.05) is 48.5 Å². The number of amides is 1. The van der Waals surface area contributed by atoms with Crippen LogP contribution in [0.25, 0.3) is 27.8 Å². The van der Waals surface area contributed by atoms with Crippen molar-refractivity contribution in [3.05, 3.63) is 115 Å². The fourth-order valence-corrected chi connectivity index (χ4v) is 3.74. The van der Waals surface area contributed by atoms with Gasteiger partial charge in [-0.05, 0) is 35.9 Å². The van der Waals surface area contributed by atoms with Gasteiger partial charge < -0.3 is 8.98 Å². The molecule has 5 heteroatoms. The van der Waals surface area contributed by atoms with Crippen LogP contribution < -0.4 is 5.43 Å². The van der Waals surface area contributed by atoms with E-state index in [4.69, 9.17) is 4.42 Å². The molecule has 0 bridgehead atoms. The number of nitrogens with one attached hydrogen (secondary N) is 1. The quantitative estimate of drug-likeness (QED) is 0.303. The summed E-state index contributed by atoms with van der Waals surface area (Å²) in [6.07, 6.45) is 3.16. The van der Waals surface area contributed by atoms with Gasteiger partial charge in [-0.1, -0.05) is 66.7 Å². The van der Waals surface area contributed by atoms with Crippen LogP contribution in [0.5, 0.6) is 0 Å². The lowest BCUT2D eigenvalue weighted by atomic mass is 10.1. The van der Waals surface area contributed by atoms with E-state index in [9.17, 15) is 4.79 Å². The largest absolute Gasteiger partial charge is 0.459 e. The lowest BCUT2D eigenvalue weighted by Gasteiger charge is -2.12. The Kier molecular flexibility index (Phi) is 4.91. The molecule has 1 amide bonds. The van der Waals surface area contributed by atoms with E-state index in [0.29, 0.717) is 0 Å². The van der Waals surface area contributed by atoms with Crippen LogP contribution in [0.15, 0.2) is 113 Å². The topological polar surface area (TPSA) is 59.5 Å². The molecule has 150 valence electrons. The molecule has 0 atom stereocenters. The summed E-state index contributed by atoms with van der Waals surface area (Å²) in [5.74, 6) is -0.179. The second kappa shape index (κ2) is 8.16. The number of hydrogen-bond acceptors (Lipinski definition) is 3. The maximum Gasteiger partial charge on any atom is 0.307 e. The van der Waals surface area contributed by atoms with Gasteiger partial charge in [-0.15, -0.1) is 0 Å². The number of para-hydroxylation sites is 2. The lowest BCUT2D eigenvalue weighted by Crippen LogP contribution is -2.16. The molecule has 0 fully saturated rings. The normalized spacial score (nSPS) is 11.2. The summed E-state index contributed by atoms with van der Waals surface area (Å²) in [7, 11) is 0. The predicted molar refractivity (Wildman–Crippen MR) is 122 cm³/mol. The van der Waals surface area contributed by atoms with Gasteiger partial charge >= 0.3 is 5.91 Å². The number of carbonyl (C=O) groups is 1. The number of furan rings is 1. The first-order chi connectivity index (χ1) is 15.3. The maximum atomic E-state index is 12.2. The third-order valence-corrected chi connectivity index (χ3v) is 5.08. The Bertz CT molecular complexity index is 1350. The smallest absolute Gasteiger partial charge is 0.307 e. The highest BCUT2D eigenvalue weighted by Crippen LogP contribution is 2.35. The van der Waals surface area contributed by atoms with Crippen molar-refractivity contribution in [2.45, 2.75) is 0 Å². The minimum absolute atomic E-state index is 0.215. The molecule has 0 saturated heterocycles. The molecular weight excluding hydrogens is 386 g/mol. The van der Waals surface area contributed by atoms with Gasteiger partial charge in [-0.2, -0.15) is 5.10 Å². The number of benzene rings is 3. The van der Waals surface area contributed by atoms with E-state index in [0.717, 1.165) is 33.4 Å². The molecule has 5 nitrogen and oxygen atoms in total. The predicted octanol–water partition coefficient (Wildman–Crippen LogP) is 5.65. The summed E-state index contributed by atoms with van der Waals surface area (Å²) < 4.78 is 7.36. The molecule has 0 aliphatic heterocycles. The van der Waals surface area contributed by atoms with E-state index in [-0.39, 0.29) is 5.76 Å². The van der Waals surface area contributed by atoms with Crippen LogP contribution >= 0.6 is 0 Å². The van der Waals surface area contributed by atoms with Crippen LogP contribution in [0.3, 0.4) is 0 Å². The van der Waals surface area contributed by atoms with Crippen LogP contribution in [0.4, 0.5) is 0 Å². The fourth-order valence-electron chi connectivity index (χ4n) is 3.74. The van der Waals surface area contributed by atoms with Crippen LogP contribution in [0.1, 0.15) is 16.1 Å². The Morgan fingerprint density at radius 2 is 1.55 bits per heavy atom. The van der Waals surface area contributed by atoms with Crippen molar-refractivity contribution < 1.29 is 9.21 Å². The molecule has 0 saturated carbocycles. The second-order valence-electron chi connectivity index (χ2n) is 6.99. The molecule has 3 aromatic carbocycles. The third kappa shape index (κ3) is 3.53. The van der Waals surface area contributed by atoms with Crippen molar-refractivity contribution >= 4 is 23.0 Å². The molecule has 1 N–H and O–H groups in total. The number of hydrogen-bond donors (Lipinski definition) is 1. The zero-order valence-electron chi connectivity index (χ0n) is 16.6. The first kappa shape index (κ1) is 18.6. The molecular formula is C26H19N3O2. The van der Waals surface area contributed by atoms with E-state index in [2.05, 4.69) is 51.5 Å². The average Bonchev–Trinajstić information content (AvgIpc) is 3.47. The van der Waals surface area contributed by atoms with E-state index in [1.165, 1.54) is 6.26 Å². The van der Waals surface area contributed by atoms with Crippen LogP contribution in [-0.4, -0.2) is 16.7 Å². The third-order valence-electron chi connectivity index (χ3n) is 5.08. The Hall–Kier alpha value is -4.38. The fraction of sp³-hybridized carbons (Fsp3) is 0. The number of carbonyl (C=O) groups excluding carboxylic acids is 1. The van der Waals surface area contributed by atoms with E-state index < -0.39 is 5.91 Å². The van der Waals surface area contributed by atoms with Crippen molar-refractivity contribution in [1.82, 2.24) is 9.99 Å². The number of aromatic nitrogens is 1. The van der Waals surface area contributed by atoms with Gasteiger partial charge in [0.25, 0.3) is 0 Å². The highest BCUT2D eigenvalue weighted by atomic mass is 16.3. The molecule has 5 rings (SSSR count). The summed E-state index contributed by atoms with van der Waals surface area (Å²) in [5.41, 5.74) is 7.65. The zero-order chi connectivity index (χ0) is 21.0. The van der Waals surface area contributed by atoms with Gasteiger partial charge in [0.15, 0.2) is 5.76 Å². The minimum atomic E-state index is -0.394. The van der Waals surface area contributed by atoms with Gasteiger partial charge in [0.1, 0.15) is 0 Å². The highest BCUT2D eigenvalue weighted by Gasteiger charge is 2.18. The minimum Gasteiger partial charge on any atom is -0.459 e. The van der Waals surface area contributed by atoms with Crippen molar-refractivity contribution in [1.29, 1.82) is 0 Å². The Labute approximate surface area is 179 Å². The highest BCUT2D eigenvalue weighted by molar-refractivity contribution is 6.07. The number of hydrazone groups is 1.